The van der Waals surface area contributed by atoms with Crippen LogP contribution in [0.3, 0.4) is 0 Å². The number of hydrogen-bond donors (Lipinski definition) is 1. The predicted octanol–water partition coefficient (Wildman–Crippen LogP) is 1.57. The second-order valence-corrected chi connectivity index (χ2v) is 6.06. The summed E-state index contributed by atoms with van der Waals surface area (Å²) in [6.07, 6.45) is 3.06. The molecule has 0 amide bonds. The molecule has 0 radical (unpaired) electrons. The van der Waals surface area contributed by atoms with Gasteiger partial charge in [0, 0.05) is 43.4 Å². The fourth-order valence-corrected chi connectivity index (χ4v) is 2.46. The molecule has 0 aliphatic carbocycles. The highest BCUT2D eigenvalue weighted by Crippen LogP contribution is 2.07. The molecule has 0 atom stereocenters. The van der Waals surface area contributed by atoms with Crippen LogP contribution in [0, 0.1) is 0 Å². The van der Waals surface area contributed by atoms with E-state index in [-0.39, 0.29) is 0 Å². The molecule has 1 aliphatic rings. The number of rotatable bonds is 6. The molecule has 0 saturated carbocycles. The van der Waals surface area contributed by atoms with Gasteiger partial charge in [-0.2, -0.15) is 0 Å². The standard InChI is InChI=1S/C14H23BrN4/c1-18-7-9-19(10-8-18)6-2-5-16-12-14-4-3-13(15)11-17-14/h3-4,11,16H,2,5-10,12H2,1H3. The lowest BCUT2D eigenvalue weighted by molar-refractivity contribution is 0.152. The van der Waals surface area contributed by atoms with Crippen LogP contribution in [0.15, 0.2) is 22.8 Å². The number of aromatic nitrogens is 1. The average Bonchev–Trinajstić information content (AvgIpc) is 2.43. The molecule has 1 aliphatic heterocycles. The first kappa shape index (κ1) is 14.9. The molecular formula is C14H23BrN4. The van der Waals surface area contributed by atoms with Crippen molar-refractivity contribution in [1.29, 1.82) is 0 Å². The van der Waals surface area contributed by atoms with Crippen LogP contribution >= 0.6 is 15.9 Å². The molecule has 5 heteroatoms. The molecule has 1 N–H and O–H groups in total. The third kappa shape index (κ3) is 5.57. The molecule has 1 fully saturated rings. The summed E-state index contributed by atoms with van der Waals surface area (Å²) in [6, 6.07) is 4.09. The monoisotopic (exact) mass is 326 g/mol. The molecule has 2 rings (SSSR count). The summed E-state index contributed by atoms with van der Waals surface area (Å²) < 4.78 is 1.03. The Hall–Kier alpha value is -0.490. The summed E-state index contributed by atoms with van der Waals surface area (Å²) in [6.45, 7) is 7.96. The van der Waals surface area contributed by atoms with Crippen molar-refractivity contribution in [3.8, 4) is 0 Å². The number of halogens is 1. The molecule has 106 valence electrons. The van der Waals surface area contributed by atoms with Gasteiger partial charge in [-0.1, -0.05) is 0 Å². The largest absolute Gasteiger partial charge is 0.311 e. The molecule has 4 nitrogen and oxygen atoms in total. The lowest BCUT2D eigenvalue weighted by Crippen LogP contribution is -2.45. The van der Waals surface area contributed by atoms with Gasteiger partial charge in [-0.05, 0) is 54.6 Å². The van der Waals surface area contributed by atoms with E-state index in [2.05, 4.69) is 49.1 Å². The quantitative estimate of drug-likeness (QED) is 0.804. The van der Waals surface area contributed by atoms with Gasteiger partial charge in [0.05, 0.1) is 5.69 Å². The lowest BCUT2D eigenvalue weighted by Gasteiger charge is -2.32. The molecule has 1 saturated heterocycles. The van der Waals surface area contributed by atoms with Gasteiger partial charge < -0.3 is 15.1 Å². The molecule has 2 heterocycles. The third-order valence-electron chi connectivity index (χ3n) is 3.52. The van der Waals surface area contributed by atoms with E-state index in [1.165, 1.54) is 39.1 Å². The van der Waals surface area contributed by atoms with E-state index in [1.54, 1.807) is 0 Å². The number of pyridine rings is 1. The minimum atomic E-state index is 0.857. The first-order valence-corrected chi connectivity index (χ1v) is 7.75. The number of likely N-dealkylation sites (N-methyl/N-ethyl adjacent to an activating group) is 1. The fraction of sp³-hybridized carbons (Fsp3) is 0.643. The van der Waals surface area contributed by atoms with E-state index in [0.29, 0.717) is 0 Å². The molecule has 0 unspecified atom stereocenters. The zero-order valence-corrected chi connectivity index (χ0v) is 13.2. The summed E-state index contributed by atoms with van der Waals surface area (Å²) in [7, 11) is 2.20. The maximum atomic E-state index is 4.35. The van der Waals surface area contributed by atoms with Gasteiger partial charge in [0.15, 0.2) is 0 Å². The van der Waals surface area contributed by atoms with Gasteiger partial charge in [-0.3, -0.25) is 4.98 Å². The lowest BCUT2D eigenvalue weighted by atomic mass is 10.3. The van der Waals surface area contributed by atoms with Gasteiger partial charge in [-0.25, -0.2) is 0 Å². The van der Waals surface area contributed by atoms with E-state index < -0.39 is 0 Å². The van der Waals surface area contributed by atoms with Crippen molar-refractivity contribution in [2.45, 2.75) is 13.0 Å². The van der Waals surface area contributed by atoms with Crippen LogP contribution in [0.2, 0.25) is 0 Å². The van der Waals surface area contributed by atoms with E-state index in [4.69, 9.17) is 0 Å². The minimum Gasteiger partial charge on any atom is -0.311 e. The van der Waals surface area contributed by atoms with Crippen LogP contribution in [0.4, 0.5) is 0 Å². The first-order chi connectivity index (χ1) is 9.24. The molecule has 0 bridgehead atoms. The Kier molecular flexibility index (Phi) is 6.23. The van der Waals surface area contributed by atoms with E-state index >= 15 is 0 Å². The highest BCUT2D eigenvalue weighted by atomic mass is 79.9. The zero-order valence-electron chi connectivity index (χ0n) is 11.6. The van der Waals surface area contributed by atoms with Crippen LogP contribution < -0.4 is 5.32 Å². The number of nitrogens with one attached hydrogen (secondary N) is 1. The van der Waals surface area contributed by atoms with Crippen LogP contribution in [0.25, 0.3) is 0 Å². The smallest absolute Gasteiger partial charge is 0.0542 e. The van der Waals surface area contributed by atoms with Crippen LogP contribution in [0.1, 0.15) is 12.1 Å². The Bertz CT molecular complexity index is 360. The van der Waals surface area contributed by atoms with Crippen molar-refractivity contribution >= 4 is 15.9 Å². The number of hydrogen-bond acceptors (Lipinski definition) is 4. The first-order valence-electron chi connectivity index (χ1n) is 6.96. The van der Waals surface area contributed by atoms with Crippen molar-refractivity contribution in [2.75, 3.05) is 46.3 Å². The Labute approximate surface area is 124 Å². The summed E-state index contributed by atoms with van der Waals surface area (Å²) in [5.74, 6) is 0. The van der Waals surface area contributed by atoms with Crippen molar-refractivity contribution in [1.82, 2.24) is 20.1 Å². The summed E-state index contributed by atoms with van der Waals surface area (Å²) in [4.78, 5) is 9.30. The SMILES string of the molecule is CN1CCN(CCCNCc2ccc(Br)cn2)CC1. The Morgan fingerprint density at radius 2 is 2.05 bits per heavy atom. The topological polar surface area (TPSA) is 31.4 Å². The van der Waals surface area contributed by atoms with Crippen LogP contribution in [-0.4, -0.2) is 61.1 Å². The summed E-state index contributed by atoms with van der Waals surface area (Å²) >= 11 is 3.39. The molecule has 19 heavy (non-hydrogen) atoms. The zero-order chi connectivity index (χ0) is 13.5. The van der Waals surface area contributed by atoms with E-state index in [0.717, 1.165) is 23.3 Å². The van der Waals surface area contributed by atoms with Crippen molar-refractivity contribution in [3.05, 3.63) is 28.5 Å². The molecular weight excluding hydrogens is 304 g/mol. The van der Waals surface area contributed by atoms with Crippen molar-refractivity contribution < 1.29 is 0 Å². The minimum absolute atomic E-state index is 0.857. The fourth-order valence-electron chi connectivity index (χ4n) is 2.23. The van der Waals surface area contributed by atoms with Crippen molar-refractivity contribution in [2.24, 2.45) is 0 Å². The highest BCUT2D eigenvalue weighted by molar-refractivity contribution is 9.10. The highest BCUT2D eigenvalue weighted by Gasteiger charge is 2.12. The Morgan fingerprint density at radius 1 is 1.26 bits per heavy atom. The van der Waals surface area contributed by atoms with Gasteiger partial charge >= 0.3 is 0 Å². The number of nitrogens with zero attached hydrogens (tertiary/aromatic N) is 3. The normalized spacial score (nSPS) is 17.8. The predicted molar refractivity (Wildman–Crippen MR) is 82.2 cm³/mol. The molecule has 0 aromatic carbocycles. The molecule has 0 spiro atoms. The maximum absolute atomic E-state index is 4.35. The average molecular weight is 327 g/mol. The van der Waals surface area contributed by atoms with Crippen LogP contribution in [-0.2, 0) is 6.54 Å². The summed E-state index contributed by atoms with van der Waals surface area (Å²) in [5, 5.41) is 3.45. The Balaban J connectivity index is 1.53. The molecule has 1 aromatic heterocycles. The number of piperazine rings is 1. The van der Waals surface area contributed by atoms with Gasteiger partial charge in [-0.15, -0.1) is 0 Å². The second-order valence-electron chi connectivity index (χ2n) is 5.14. The van der Waals surface area contributed by atoms with Gasteiger partial charge in [0.1, 0.15) is 0 Å². The van der Waals surface area contributed by atoms with Crippen LogP contribution in [0.5, 0.6) is 0 Å². The van der Waals surface area contributed by atoms with E-state index in [1.807, 2.05) is 12.3 Å². The second kappa shape index (κ2) is 7.94. The van der Waals surface area contributed by atoms with Gasteiger partial charge in [0.25, 0.3) is 0 Å². The maximum Gasteiger partial charge on any atom is 0.0542 e. The van der Waals surface area contributed by atoms with Gasteiger partial charge in [0.2, 0.25) is 0 Å². The summed E-state index contributed by atoms with van der Waals surface area (Å²) in [5.41, 5.74) is 1.10. The van der Waals surface area contributed by atoms with E-state index in [9.17, 15) is 0 Å². The Morgan fingerprint density at radius 3 is 2.74 bits per heavy atom. The third-order valence-corrected chi connectivity index (χ3v) is 3.99. The molecule has 1 aromatic rings. The van der Waals surface area contributed by atoms with Crippen molar-refractivity contribution in [3.63, 3.8) is 0 Å².